The van der Waals surface area contributed by atoms with Gasteiger partial charge in [0.1, 0.15) is 0 Å². The number of H-pyrrole nitrogens is 2. The van der Waals surface area contributed by atoms with Crippen LogP contribution in [0.4, 0.5) is 0 Å². The molecule has 8 bridgehead atoms. The first-order valence-electron chi connectivity index (χ1n) is 18.7. The van der Waals surface area contributed by atoms with Crippen molar-refractivity contribution in [3.05, 3.63) is 198 Å². The second kappa shape index (κ2) is 13.9. The Balaban J connectivity index is 1.41. The molecule has 0 atom stereocenters. The molecule has 5 heterocycles. The fourth-order valence-electron chi connectivity index (χ4n) is 7.87. The molecule has 2 aliphatic heterocycles. The fourth-order valence-corrected chi connectivity index (χ4v) is 7.87. The van der Waals surface area contributed by atoms with Crippen LogP contribution in [-0.2, 0) is 0 Å². The summed E-state index contributed by atoms with van der Waals surface area (Å²) in [5, 5.41) is 0. The number of fused-ring (bicyclic) bond motifs is 8. The van der Waals surface area contributed by atoms with Gasteiger partial charge in [-0.2, -0.15) is 0 Å². The Bertz CT molecular complexity index is 2880. The van der Waals surface area contributed by atoms with E-state index in [4.69, 9.17) is 9.97 Å². The highest BCUT2D eigenvalue weighted by Crippen LogP contribution is 2.39. The number of hydrogen-bond acceptors (Lipinski definition) is 2. The van der Waals surface area contributed by atoms with Gasteiger partial charge in [-0.15, -0.1) is 0 Å². The minimum Gasteiger partial charge on any atom is -0.354 e. The molecular formula is C51H36N4. The van der Waals surface area contributed by atoms with Crippen molar-refractivity contribution in [2.45, 2.75) is 0 Å². The normalized spacial score (nSPS) is 13.4. The fraction of sp³-hybridized carbons (Fsp3) is 0.0196. The summed E-state index contributed by atoms with van der Waals surface area (Å²) in [6, 6.07) is 48.9. The lowest BCUT2D eigenvalue weighted by Gasteiger charge is -2.07. The van der Waals surface area contributed by atoms with E-state index in [9.17, 15) is 0 Å². The molecule has 55 heavy (non-hydrogen) atoms. The van der Waals surface area contributed by atoms with Crippen LogP contribution >= 0.6 is 0 Å². The lowest BCUT2D eigenvalue weighted by Crippen LogP contribution is -1.90. The number of aromatic amines is 2. The van der Waals surface area contributed by atoms with Crippen molar-refractivity contribution in [1.82, 2.24) is 19.9 Å². The molecule has 7 aromatic rings. The van der Waals surface area contributed by atoms with E-state index in [1.54, 1.807) is 0 Å². The minimum absolute atomic E-state index is 0.231. The predicted molar refractivity (Wildman–Crippen MR) is 231 cm³/mol. The van der Waals surface area contributed by atoms with Gasteiger partial charge in [-0.05, 0) is 64.8 Å². The number of nitrogens with zero attached hydrogens (tertiary/aromatic N) is 2. The Morgan fingerprint density at radius 1 is 0.418 bits per heavy atom. The number of rotatable bonds is 6. The van der Waals surface area contributed by atoms with Gasteiger partial charge in [-0.1, -0.05) is 158 Å². The summed E-state index contributed by atoms with van der Waals surface area (Å²) in [4.78, 5) is 18.7. The maximum Gasteiger partial charge on any atom is 0.0737 e. The van der Waals surface area contributed by atoms with Gasteiger partial charge in [0.15, 0.2) is 0 Å². The molecule has 0 fully saturated rings. The zero-order valence-electron chi connectivity index (χ0n) is 30.0. The lowest BCUT2D eigenvalue weighted by molar-refractivity contribution is 1.10. The number of nitrogens with one attached hydrogen (secondary N) is 2. The Hall–Kier alpha value is -7.30. The van der Waals surface area contributed by atoms with Crippen LogP contribution in [0.2, 0.25) is 0 Å². The monoisotopic (exact) mass is 704 g/mol. The first-order valence-corrected chi connectivity index (χ1v) is 18.7. The van der Waals surface area contributed by atoms with Crippen LogP contribution in [-0.4, -0.2) is 19.9 Å². The highest BCUT2D eigenvalue weighted by Gasteiger charge is 2.20. The molecule has 0 unspecified atom stereocenters. The SMILES string of the molecule is C1=CC(/C=C/c2cc3[nH]c2c(-c2ccccc2)c2nc(c(-c4ccccc4)c4ccc([nH]4)c(-c4ccccc4)c4nc(c3-c3ccccc3)C=C4)C=C2)C=C1. The van der Waals surface area contributed by atoms with E-state index in [1.807, 2.05) is 0 Å². The standard InChI is InChI=1S/C51H36N4/c1-5-17-35(18-6-1)47-40-27-28-41(52-40)48(36-19-7-2-8-20-36)43-31-32-45(54-43)50(38-23-11-4-12-24-38)51-39(26-25-34-15-13-14-16-34)33-46(55-51)49(37-21-9-3-10-22-37)44-30-29-42(47)53-44/h1-34,52,55H/b26-25+,47-40?,47-42?,48-41?,48-43?,49-44?,49-46?,50-45?,51-50?. The van der Waals surface area contributed by atoms with Gasteiger partial charge in [0.05, 0.1) is 28.3 Å². The van der Waals surface area contributed by atoms with E-state index >= 15 is 0 Å². The molecule has 260 valence electrons. The maximum absolute atomic E-state index is 5.48. The molecule has 0 saturated carbocycles. The minimum atomic E-state index is 0.231. The Morgan fingerprint density at radius 2 is 0.818 bits per heavy atom. The van der Waals surface area contributed by atoms with Crippen molar-refractivity contribution in [3.8, 4) is 44.5 Å². The first-order chi connectivity index (χ1) is 27.3. The van der Waals surface area contributed by atoms with Gasteiger partial charge >= 0.3 is 0 Å². The van der Waals surface area contributed by atoms with Gasteiger partial charge in [0.25, 0.3) is 0 Å². The predicted octanol–water partition coefficient (Wildman–Crippen LogP) is 13.1. The average Bonchev–Trinajstić information content (AvgIpc) is 4.10. The summed E-state index contributed by atoms with van der Waals surface area (Å²) in [7, 11) is 0. The smallest absolute Gasteiger partial charge is 0.0737 e. The van der Waals surface area contributed by atoms with E-state index < -0.39 is 0 Å². The second-order valence-corrected chi connectivity index (χ2v) is 13.9. The van der Waals surface area contributed by atoms with Crippen LogP contribution in [0.15, 0.2) is 170 Å². The van der Waals surface area contributed by atoms with Crippen molar-refractivity contribution in [2.75, 3.05) is 0 Å². The summed E-state index contributed by atoms with van der Waals surface area (Å²) in [5.74, 6) is 0.231. The third kappa shape index (κ3) is 6.10. The molecule has 3 aliphatic rings. The third-order valence-corrected chi connectivity index (χ3v) is 10.4. The average molecular weight is 705 g/mol. The van der Waals surface area contributed by atoms with Crippen LogP contribution in [0, 0.1) is 5.92 Å². The molecule has 2 N–H and O–H groups in total. The number of benzene rings is 4. The zero-order valence-corrected chi connectivity index (χ0v) is 30.0. The van der Waals surface area contributed by atoms with Crippen molar-refractivity contribution >= 4 is 52.4 Å². The van der Waals surface area contributed by atoms with E-state index in [0.29, 0.717) is 0 Å². The van der Waals surface area contributed by atoms with Crippen molar-refractivity contribution in [1.29, 1.82) is 0 Å². The van der Waals surface area contributed by atoms with Gasteiger partial charge in [0, 0.05) is 50.3 Å². The quantitative estimate of drug-likeness (QED) is 0.181. The summed E-state index contributed by atoms with van der Waals surface area (Å²) >= 11 is 0. The maximum atomic E-state index is 5.48. The number of allylic oxidation sites excluding steroid dienone is 5. The van der Waals surface area contributed by atoms with E-state index in [-0.39, 0.29) is 5.92 Å². The van der Waals surface area contributed by atoms with Crippen LogP contribution in [0.1, 0.15) is 28.3 Å². The molecule has 0 amide bonds. The molecule has 3 aromatic heterocycles. The van der Waals surface area contributed by atoms with Crippen LogP contribution in [0.5, 0.6) is 0 Å². The van der Waals surface area contributed by atoms with E-state index in [2.05, 4.69) is 210 Å². The van der Waals surface area contributed by atoms with Gasteiger partial charge in [0.2, 0.25) is 0 Å². The number of aromatic nitrogens is 4. The molecule has 1 aliphatic carbocycles. The molecule has 0 saturated heterocycles. The molecule has 4 nitrogen and oxygen atoms in total. The van der Waals surface area contributed by atoms with Crippen LogP contribution in [0.25, 0.3) is 97.0 Å². The Labute approximate surface area is 320 Å². The molecule has 4 aromatic carbocycles. The highest BCUT2D eigenvalue weighted by molar-refractivity contribution is 6.01. The van der Waals surface area contributed by atoms with E-state index in [1.165, 1.54) is 0 Å². The van der Waals surface area contributed by atoms with Crippen LogP contribution < -0.4 is 0 Å². The summed E-state index contributed by atoms with van der Waals surface area (Å²) in [6.07, 6.45) is 21.8. The molecule has 4 heteroatoms. The molecule has 0 spiro atoms. The summed E-state index contributed by atoms with van der Waals surface area (Å²) in [5.41, 5.74) is 17.1. The molecule has 10 rings (SSSR count). The zero-order chi connectivity index (χ0) is 36.6. The lowest BCUT2D eigenvalue weighted by atomic mass is 10.0. The molecule has 0 radical (unpaired) electrons. The third-order valence-electron chi connectivity index (χ3n) is 10.4. The number of hydrogen-bond donors (Lipinski definition) is 2. The topological polar surface area (TPSA) is 57.4 Å². The summed E-state index contributed by atoms with van der Waals surface area (Å²) < 4.78 is 0. The van der Waals surface area contributed by atoms with Crippen molar-refractivity contribution < 1.29 is 0 Å². The largest absolute Gasteiger partial charge is 0.354 e. The van der Waals surface area contributed by atoms with Gasteiger partial charge in [-0.3, -0.25) is 0 Å². The van der Waals surface area contributed by atoms with Gasteiger partial charge in [-0.25, -0.2) is 9.97 Å². The van der Waals surface area contributed by atoms with Gasteiger partial charge < -0.3 is 9.97 Å². The second-order valence-electron chi connectivity index (χ2n) is 13.9. The van der Waals surface area contributed by atoms with Crippen LogP contribution in [0.3, 0.4) is 0 Å². The van der Waals surface area contributed by atoms with Crippen molar-refractivity contribution in [3.63, 3.8) is 0 Å². The Morgan fingerprint density at radius 3 is 1.27 bits per heavy atom. The molecular weight excluding hydrogens is 669 g/mol. The summed E-state index contributed by atoms with van der Waals surface area (Å²) in [6.45, 7) is 0. The van der Waals surface area contributed by atoms with E-state index in [0.717, 1.165) is 94.9 Å². The highest BCUT2D eigenvalue weighted by atomic mass is 14.8. The Kier molecular flexibility index (Phi) is 8.19. The van der Waals surface area contributed by atoms with Crippen molar-refractivity contribution in [2.24, 2.45) is 5.92 Å². The first kappa shape index (κ1) is 32.4.